The number of benzene rings is 1. The maximum atomic E-state index is 12.4. The van der Waals surface area contributed by atoms with E-state index in [1.165, 1.54) is 17.5 Å². The number of nitrogens with zero attached hydrogens (tertiary/aromatic N) is 3. The summed E-state index contributed by atoms with van der Waals surface area (Å²) < 4.78 is 7.15. The van der Waals surface area contributed by atoms with E-state index in [0.29, 0.717) is 16.9 Å². The number of hydrogen-bond donors (Lipinski definition) is 0. The third-order valence-electron chi connectivity index (χ3n) is 6.09. The van der Waals surface area contributed by atoms with Crippen molar-refractivity contribution in [2.24, 2.45) is 5.41 Å². The Morgan fingerprint density at radius 3 is 2.67 bits per heavy atom. The molecule has 0 unspecified atom stereocenters. The standard InChI is InChI=1S/C22H23N3O2/c1-15-5-3-4-6-19(15)25-20(9-16(2)23-25)18-10-22(11-18)13-24(14-22)21(26)17-7-8-27-12-17/h3-9,12,18H,10-11,13-14H2,1-2H3. The number of carbonyl (C=O) groups is 1. The molecule has 0 bridgehead atoms. The zero-order valence-corrected chi connectivity index (χ0v) is 15.7. The van der Waals surface area contributed by atoms with Gasteiger partial charge in [0.15, 0.2) is 0 Å². The van der Waals surface area contributed by atoms with Crippen molar-refractivity contribution >= 4 is 5.91 Å². The van der Waals surface area contributed by atoms with E-state index in [9.17, 15) is 4.79 Å². The molecule has 1 aromatic carbocycles. The lowest BCUT2D eigenvalue weighted by Crippen LogP contribution is -2.63. The van der Waals surface area contributed by atoms with Crippen LogP contribution >= 0.6 is 0 Å². The summed E-state index contributed by atoms with van der Waals surface area (Å²) >= 11 is 0. The van der Waals surface area contributed by atoms with Gasteiger partial charge in [-0.05, 0) is 50.5 Å². The van der Waals surface area contributed by atoms with Gasteiger partial charge in [0.1, 0.15) is 6.26 Å². The van der Waals surface area contributed by atoms with Gasteiger partial charge >= 0.3 is 0 Å². The summed E-state index contributed by atoms with van der Waals surface area (Å²) in [5, 5.41) is 4.75. The van der Waals surface area contributed by atoms with Crippen LogP contribution < -0.4 is 0 Å². The second kappa shape index (κ2) is 5.84. The van der Waals surface area contributed by atoms with Gasteiger partial charge in [0.2, 0.25) is 0 Å². The average Bonchev–Trinajstić information content (AvgIpc) is 3.22. The molecular formula is C22H23N3O2. The Labute approximate surface area is 158 Å². The van der Waals surface area contributed by atoms with Gasteiger partial charge in [-0.1, -0.05) is 18.2 Å². The summed E-state index contributed by atoms with van der Waals surface area (Å²) in [6.07, 6.45) is 5.33. The smallest absolute Gasteiger partial charge is 0.257 e. The van der Waals surface area contributed by atoms with E-state index in [-0.39, 0.29) is 5.91 Å². The molecule has 0 atom stereocenters. The van der Waals surface area contributed by atoms with Crippen molar-refractivity contribution in [3.63, 3.8) is 0 Å². The maximum Gasteiger partial charge on any atom is 0.257 e. The number of aromatic nitrogens is 2. The van der Waals surface area contributed by atoms with Crippen molar-refractivity contribution in [3.8, 4) is 5.69 Å². The molecule has 2 aliphatic rings. The van der Waals surface area contributed by atoms with Crippen molar-refractivity contribution in [2.75, 3.05) is 13.1 Å². The summed E-state index contributed by atoms with van der Waals surface area (Å²) in [6.45, 7) is 5.89. The summed E-state index contributed by atoms with van der Waals surface area (Å²) in [5.74, 6) is 0.593. The van der Waals surface area contributed by atoms with Gasteiger partial charge in [0, 0.05) is 30.1 Å². The zero-order valence-electron chi connectivity index (χ0n) is 15.7. The predicted molar refractivity (Wildman–Crippen MR) is 102 cm³/mol. The molecule has 5 nitrogen and oxygen atoms in total. The molecule has 0 radical (unpaired) electrons. The van der Waals surface area contributed by atoms with E-state index in [0.717, 1.165) is 37.3 Å². The number of hydrogen-bond acceptors (Lipinski definition) is 3. The minimum Gasteiger partial charge on any atom is -0.472 e. The number of amides is 1. The van der Waals surface area contributed by atoms with Crippen LogP contribution in [0.2, 0.25) is 0 Å². The number of carbonyl (C=O) groups excluding carboxylic acids is 1. The highest BCUT2D eigenvalue weighted by molar-refractivity contribution is 5.94. The first-order valence-corrected chi connectivity index (χ1v) is 9.49. The van der Waals surface area contributed by atoms with Crippen molar-refractivity contribution in [1.82, 2.24) is 14.7 Å². The molecule has 5 rings (SSSR count). The number of likely N-dealkylation sites (tertiary alicyclic amines) is 1. The monoisotopic (exact) mass is 361 g/mol. The van der Waals surface area contributed by atoms with Gasteiger partial charge in [-0.15, -0.1) is 0 Å². The highest BCUT2D eigenvalue weighted by Gasteiger charge is 2.54. The van der Waals surface area contributed by atoms with Crippen LogP contribution in [0.25, 0.3) is 5.69 Å². The van der Waals surface area contributed by atoms with Crippen LogP contribution in [0.3, 0.4) is 0 Å². The lowest BCUT2D eigenvalue weighted by molar-refractivity contribution is -0.0565. The molecule has 2 fully saturated rings. The van der Waals surface area contributed by atoms with E-state index >= 15 is 0 Å². The number of rotatable bonds is 3. The van der Waals surface area contributed by atoms with Crippen LogP contribution in [0.15, 0.2) is 53.3 Å². The van der Waals surface area contributed by atoms with Gasteiger partial charge < -0.3 is 9.32 Å². The Hall–Kier alpha value is -2.82. The zero-order chi connectivity index (χ0) is 18.6. The Kier molecular flexibility index (Phi) is 3.54. The number of para-hydroxylation sites is 1. The molecule has 138 valence electrons. The molecule has 2 aromatic heterocycles. The highest BCUT2D eigenvalue weighted by atomic mass is 16.3. The molecule has 1 spiro atoms. The maximum absolute atomic E-state index is 12.4. The molecule has 1 amide bonds. The Morgan fingerprint density at radius 1 is 1.19 bits per heavy atom. The van der Waals surface area contributed by atoms with Crippen LogP contribution in [0.5, 0.6) is 0 Å². The van der Waals surface area contributed by atoms with Crippen molar-refractivity contribution in [3.05, 3.63) is 71.4 Å². The summed E-state index contributed by atoms with van der Waals surface area (Å²) in [4.78, 5) is 14.3. The first kappa shape index (κ1) is 16.4. The summed E-state index contributed by atoms with van der Waals surface area (Å²) in [7, 11) is 0. The Balaban J connectivity index is 1.30. The first-order valence-electron chi connectivity index (χ1n) is 9.49. The average molecular weight is 361 g/mol. The fourth-order valence-electron chi connectivity index (χ4n) is 4.73. The van der Waals surface area contributed by atoms with Crippen LogP contribution in [0, 0.1) is 19.3 Å². The minimum absolute atomic E-state index is 0.0821. The Bertz CT molecular complexity index is 989. The molecule has 0 N–H and O–H groups in total. The molecule has 3 heterocycles. The molecule has 3 aromatic rings. The Morgan fingerprint density at radius 2 is 1.96 bits per heavy atom. The van der Waals surface area contributed by atoms with Gasteiger partial charge in [0.05, 0.1) is 23.2 Å². The summed E-state index contributed by atoms with van der Waals surface area (Å²) in [5.41, 5.74) is 5.68. The highest BCUT2D eigenvalue weighted by Crippen LogP contribution is 2.56. The fraction of sp³-hybridized carbons (Fsp3) is 0.364. The molecule has 5 heteroatoms. The fourth-order valence-corrected chi connectivity index (χ4v) is 4.73. The van der Waals surface area contributed by atoms with Crippen LogP contribution in [0.4, 0.5) is 0 Å². The van der Waals surface area contributed by atoms with Crippen molar-refractivity contribution in [1.29, 1.82) is 0 Å². The van der Waals surface area contributed by atoms with E-state index in [2.05, 4.69) is 48.9 Å². The van der Waals surface area contributed by atoms with Gasteiger partial charge in [-0.2, -0.15) is 5.10 Å². The molecule has 1 aliphatic heterocycles. The minimum atomic E-state index is 0.0821. The van der Waals surface area contributed by atoms with Crippen LogP contribution in [-0.4, -0.2) is 33.7 Å². The van der Waals surface area contributed by atoms with E-state index < -0.39 is 0 Å². The second-order valence-corrected chi connectivity index (χ2v) is 8.19. The largest absolute Gasteiger partial charge is 0.472 e. The molecule has 27 heavy (non-hydrogen) atoms. The van der Waals surface area contributed by atoms with E-state index in [4.69, 9.17) is 9.52 Å². The van der Waals surface area contributed by atoms with E-state index in [1.54, 1.807) is 12.3 Å². The topological polar surface area (TPSA) is 51.3 Å². The third kappa shape index (κ3) is 2.60. The molecule has 1 saturated carbocycles. The quantitative estimate of drug-likeness (QED) is 0.706. The van der Waals surface area contributed by atoms with Gasteiger partial charge in [-0.25, -0.2) is 4.68 Å². The normalized spacial score (nSPS) is 18.4. The molecular weight excluding hydrogens is 338 g/mol. The molecule has 1 aliphatic carbocycles. The van der Waals surface area contributed by atoms with E-state index in [1.807, 2.05) is 4.90 Å². The lowest BCUT2D eigenvalue weighted by atomic mass is 9.57. The number of furan rings is 1. The van der Waals surface area contributed by atoms with Crippen LogP contribution in [-0.2, 0) is 0 Å². The van der Waals surface area contributed by atoms with Crippen LogP contribution in [0.1, 0.15) is 46.1 Å². The lowest BCUT2D eigenvalue weighted by Gasteiger charge is -2.59. The first-order chi connectivity index (χ1) is 13.0. The third-order valence-corrected chi connectivity index (χ3v) is 6.09. The van der Waals surface area contributed by atoms with Gasteiger partial charge in [-0.3, -0.25) is 4.79 Å². The predicted octanol–water partition coefficient (Wildman–Crippen LogP) is 4.10. The van der Waals surface area contributed by atoms with Crippen molar-refractivity contribution in [2.45, 2.75) is 32.6 Å². The molecule has 1 saturated heterocycles. The number of aryl methyl sites for hydroxylation is 2. The second-order valence-electron chi connectivity index (χ2n) is 8.19. The van der Waals surface area contributed by atoms with Crippen molar-refractivity contribution < 1.29 is 9.21 Å². The van der Waals surface area contributed by atoms with Gasteiger partial charge in [0.25, 0.3) is 5.91 Å². The SMILES string of the molecule is Cc1cc(C2CC3(C2)CN(C(=O)c2ccoc2)C3)n(-c2ccccc2C)n1. The summed E-state index contributed by atoms with van der Waals surface area (Å²) in [6, 6.07) is 12.3.